The molecule has 0 saturated heterocycles. The van der Waals surface area contributed by atoms with Crippen LogP contribution < -0.4 is 0 Å². The molecule has 1 heteroatoms. The molecule has 0 aliphatic heterocycles. The minimum Gasteiger partial charge on any atom is -0.384 e. The third-order valence-corrected chi connectivity index (χ3v) is 1.28. The van der Waals surface area contributed by atoms with Gasteiger partial charge < -0.3 is 5.11 Å². The number of hydrogen-bond acceptors (Lipinski definition) is 1. The minimum atomic E-state index is -0.582. The fourth-order valence-electron chi connectivity index (χ4n) is 0.718. The van der Waals surface area contributed by atoms with Gasteiger partial charge in [-0.15, -0.1) is 6.58 Å². The first-order valence-corrected chi connectivity index (χ1v) is 3.12. The zero-order chi connectivity index (χ0) is 7.40. The highest BCUT2D eigenvalue weighted by molar-refractivity contribution is 5.18. The monoisotopic (exact) mass is 133 g/mol. The van der Waals surface area contributed by atoms with Crippen LogP contribution in [0.25, 0.3) is 0 Å². The Bertz CT molecular complexity index is 203. The van der Waals surface area contributed by atoms with E-state index in [2.05, 4.69) is 12.6 Å². The average molecular weight is 133 g/mol. The molecule has 10 heavy (non-hydrogen) atoms. The van der Waals surface area contributed by atoms with Crippen LogP contribution in [-0.2, 0) is 0 Å². The molecular formula is C9H9O. The Morgan fingerprint density at radius 1 is 1.60 bits per heavy atom. The van der Waals surface area contributed by atoms with Crippen LogP contribution in [0.4, 0.5) is 0 Å². The molecule has 0 aliphatic rings. The van der Waals surface area contributed by atoms with Crippen LogP contribution >= 0.6 is 0 Å². The Balaban J connectivity index is 2.84. The van der Waals surface area contributed by atoms with Crippen molar-refractivity contribution < 1.29 is 5.11 Å². The van der Waals surface area contributed by atoms with E-state index >= 15 is 0 Å². The van der Waals surface area contributed by atoms with Crippen molar-refractivity contribution in [2.75, 3.05) is 0 Å². The minimum absolute atomic E-state index is 0.582. The summed E-state index contributed by atoms with van der Waals surface area (Å²) in [7, 11) is 0. The van der Waals surface area contributed by atoms with Gasteiger partial charge >= 0.3 is 0 Å². The molecule has 51 valence electrons. The normalized spacial score (nSPS) is 12.5. The molecule has 0 bridgehead atoms. The Kier molecular flexibility index (Phi) is 2.24. The topological polar surface area (TPSA) is 20.2 Å². The Labute approximate surface area is 60.6 Å². The van der Waals surface area contributed by atoms with Crippen molar-refractivity contribution in [3.63, 3.8) is 0 Å². The first-order chi connectivity index (χ1) is 4.84. The van der Waals surface area contributed by atoms with Crippen molar-refractivity contribution in [3.8, 4) is 0 Å². The predicted molar refractivity (Wildman–Crippen MR) is 40.4 cm³/mol. The van der Waals surface area contributed by atoms with Gasteiger partial charge in [-0.05, 0) is 11.6 Å². The fraction of sp³-hybridized carbons (Fsp3) is 0.111. The molecule has 1 unspecified atom stereocenters. The average Bonchev–Trinajstić information content (AvgIpc) is 2.05. The zero-order valence-electron chi connectivity index (χ0n) is 5.62. The number of aliphatic hydroxyl groups is 1. The van der Waals surface area contributed by atoms with Crippen molar-refractivity contribution >= 4 is 0 Å². The van der Waals surface area contributed by atoms with Crippen molar-refractivity contribution in [2.45, 2.75) is 6.10 Å². The second-order valence-corrected chi connectivity index (χ2v) is 2.00. The lowest BCUT2D eigenvalue weighted by atomic mass is 10.1. The molecule has 1 N–H and O–H groups in total. The summed E-state index contributed by atoms with van der Waals surface area (Å²) in [6.07, 6.45) is 0.896. The third-order valence-electron chi connectivity index (χ3n) is 1.28. The highest BCUT2D eigenvalue weighted by Gasteiger charge is 1.98. The molecule has 0 fully saturated rings. The van der Waals surface area contributed by atoms with Crippen molar-refractivity contribution in [3.05, 3.63) is 48.6 Å². The van der Waals surface area contributed by atoms with Crippen LogP contribution in [0.1, 0.15) is 11.7 Å². The van der Waals surface area contributed by atoms with Crippen LogP contribution in [-0.4, -0.2) is 5.11 Å². The zero-order valence-corrected chi connectivity index (χ0v) is 5.62. The molecule has 0 spiro atoms. The molecule has 0 saturated carbocycles. The molecule has 1 radical (unpaired) electrons. The predicted octanol–water partition coefficient (Wildman–Crippen LogP) is 1.71. The maximum atomic E-state index is 9.18. The smallest absolute Gasteiger partial charge is 0.0975 e. The third kappa shape index (κ3) is 1.45. The van der Waals surface area contributed by atoms with Gasteiger partial charge in [0.1, 0.15) is 0 Å². The van der Waals surface area contributed by atoms with E-state index in [9.17, 15) is 5.11 Å². The van der Waals surface area contributed by atoms with Gasteiger partial charge in [-0.25, -0.2) is 0 Å². The molecule has 1 rings (SSSR count). The number of rotatable bonds is 2. The number of benzene rings is 1. The first kappa shape index (κ1) is 7.03. The van der Waals surface area contributed by atoms with Crippen LogP contribution in [0.3, 0.4) is 0 Å². The molecule has 0 aliphatic carbocycles. The lowest BCUT2D eigenvalue weighted by molar-refractivity contribution is 0.229. The van der Waals surface area contributed by atoms with Gasteiger partial charge in [0.2, 0.25) is 0 Å². The molecule has 0 amide bonds. The van der Waals surface area contributed by atoms with Gasteiger partial charge in [0.15, 0.2) is 0 Å². The summed E-state index contributed by atoms with van der Waals surface area (Å²) in [5, 5.41) is 9.18. The summed E-state index contributed by atoms with van der Waals surface area (Å²) in [6.45, 7) is 3.47. The molecule has 0 aromatic heterocycles. The maximum Gasteiger partial charge on any atom is 0.0975 e. The van der Waals surface area contributed by atoms with Crippen LogP contribution in [0.5, 0.6) is 0 Å². The van der Waals surface area contributed by atoms with E-state index in [1.807, 2.05) is 18.2 Å². The van der Waals surface area contributed by atoms with Gasteiger partial charge in [0.25, 0.3) is 0 Å². The highest BCUT2D eigenvalue weighted by atomic mass is 16.3. The van der Waals surface area contributed by atoms with Crippen LogP contribution in [0.15, 0.2) is 36.9 Å². The second-order valence-electron chi connectivity index (χ2n) is 2.00. The summed E-state index contributed by atoms with van der Waals surface area (Å²) in [5.74, 6) is 0. The van der Waals surface area contributed by atoms with E-state index in [1.165, 1.54) is 6.08 Å². The van der Waals surface area contributed by atoms with E-state index in [0.717, 1.165) is 5.56 Å². The number of aliphatic hydroxyl groups excluding tert-OH is 1. The summed E-state index contributed by atoms with van der Waals surface area (Å²) >= 11 is 0. The van der Waals surface area contributed by atoms with Crippen LogP contribution in [0.2, 0.25) is 0 Å². The van der Waals surface area contributed by atoms with E-state index in [4.69, 9.17) is 0 Å². The Hall–Kier alpha value is -1.08. The van der Waals surface area contributed by atoms with E-state index in [-0.39, 0.29) is 0 Å². The van der Waals surface area contributed by atoms with E-state index < -0.39 is 6.10 Å². The van der Waals surface area contributed by atoms with Crippen LogP contribution in [0, 0.1) is 6.07 Å². The number of hydrogen-bond donors (Lipinski definition) is 1. The van der Waals surface area contributed by atoms with Crippen molar-refractivity contribution in [1.82, 2.24) is 0 Å². The summed E-state index contributed by atoms with van der Waals surface area (Å²) in [5.41, 5.74) is 0.762. The van der Waals surface area contributed by atoms with Crippen molar-refractivity contribution in [1.29, 1.82) is 0 Å². The van der Waals surface area contributed by atoms with Gasteiger partial charge in [-0.3, -0.25) is 0 Å². The Morgan fingerprint density at radius 3 is 2.90 bits per heavy atom. The molecule has 0 heterocycles. The molecule has 1 aromatic carbocycles. The van der Waals surface area contributed by atoms with Gasteiger partial charge in [0.05, 0.1) is 6.10 Å². The lowest BCUT2D eigenvalue weighted by Gasteiger charge is -2.02. The summed E-state index contributed by atoms with van der Waals surface area (Å²) < 4.78 is 0. The van der Waals surface area contributed by atoms with E-state index in [0.29, 0.717) is 0 Å². The molecule has 1 aromatic rings. The van der Waals surface area contributed by atoms with Gasteiger partial charge in [0, 0.05) is 0 Å². The molecule has 1 nitrogen and oxygen atoms in total. The molecule has 1 atom stereocenters. The highest BCUT2D eigenvalue weighted by Crippen LogP contribution is 2.10. The largest absolute Gasteiger partial charge is 0.384 e. The summed E-state index contributed by atoms with van der Waals surface area (Å²) in [6, 6.07) is 10.2. The van der Waals surface area contributed by atoms with E-state index in [1.54, 1.807) is 6.07 Å². The SMILES string of the molecule is C=CC(O)c1[c]cccc1. The van der Waals surface area contributed by atoms with Crippen molar-refractivity contribution in [2.24, 2.45) is 0 Å². The quantitative estimate of drug-likeness (QED) is 0.609. The molecular weight excluding hydrogens is 124 g/mol. The first-order valence-electron chi connectivity index (χ1n) is 3.12. The summed E-state index contributed by atoms with van der Waals surface area (Å²) in [4.78, 5) is 0. The van der Waals surface area contributed by atoms with Gasteiger partial charge in [-0.2, -0.15) is 0 Å². The van der Waals surface area contributed by atoms with Gasteiger partial charge in [-0.1, -0.05) is 30.3 Å². The lowest BCUT2D eigenvalue weighted by Crippen LogP contribution is -1.90. The maximum absolute atomic E-state index is 9.18. The Morgan fingerprint density at radius 2 is 2.40 bits per heavy atom. The fourth-order valence-corrected chi connectivity index (χ4v) is 0.718. The second kappa shape index (κ2) is 3.18. The standard InChI is InChI=1S/C9H9O/c1-2-9(10)8-6-4-3-5-7-8/h2-6,9-10H,1H2.